The van der Waals surface area contributed by atoms with Gasteiger partial charge in [-0.1, -0.05) is 76.9 Å². The highest BCUT2D eigenvalue weighted by molar-refractivity contribution is 5.96. The summed E-state index contributed by atoms with van der Waals surface area (Å²) >= 11 is 0. The number of hydrogen-bond acceptors (Lipinski definition) is 0. The molecule has 4 aromatic rings. The minimum absolute atomic E-state index is 0.0199. The molecular formula is C35H40N+. The average molecular weight is 476 g/mol. The Morgan fingerprint density at radius 3 is 2.11 bits per heavy atom. The molecule has 184 valence electrons. The Balaban J connectivity index is 1.68. The summed E-state index contributed by atoms with van der Waals surface area (Å²) in [6.07, 6.45) is 6.53. The van der Waals surface area contributed by atoms with Crippen LogP contribution in [0.5, 0.6) is 0 Å². The van der Waals surface area contributed by atoms with E-state index in [0.717, 1.165) is 25.7 Å². The van der Waals surface area contributed by atoms with Gasteiger partial charge in [0.1, 0.15) is 7.05 Å². The lowest BCUT2D eigenvalue weighted by atomic mass is 9.54. The van der Waals surface area contributed by atoms with Crippen LogP contribution in [0.3, 0.4) is 0 Å². The smallest absolute Gasteiger partial charge is 0.201 e. The summed E-state index contributed by atoms with van der Waals surface area (Å²) in [6, 6.07) is 20.7. The second-order valence-corrected chi connectivity index (χ2v) is 12.4. The molecule has 1 saturated carbocycles. The zero-order valence-corrected chi connectivity index (χ0v) is 23.0. The SMILES string of the molecule is [2H]C1(c2c[n+](C)c(-c3c(C)ccc4c3-c3cc5ccccc5cc3C(C)(C)C4(C)C)cc2C)CCCC1. The summed E-state index contributed by atoms with van der Waals surface area (Å²) in [7, 11) is 2.18. The number of hydrogen-bond donors (Lipinski definition) is 0. The molecule has 3 aromatic carbocycles. The topological polar surface area (TPSA) is 3.88 Å². The molecule has 0 spiro atoms. The molecule has 0 amide bonds. The van der Waals surface area contributed by atoms with Crippen LogP contribution in [-0.4, -0.2) is 0 Å². The van der Waals surface area contributed by atoms with Crippen LogP contribution in [-0.2, 0) is 17.9 Å². The Morgan fingerprint density at radius 2 is 1.42 bits per heavy atom. The van der Waals surface area contributed by atoms with Crippen LogP contribution in [0.4, 0.5) is 0 Å². The number of fused-ring (bicyclic) bond motifs is 4. The lowest BCUT2D eigenvalue weighted by Crippen LogP contribution is -2.44. The fourth-order valence-corrected chi connectivity index (χ4v) is 6.91. The monoisotopic (exact) mass is 475 g/mol. The Hall–Kier alpha value is -2.93. The van der Waals surface area contributed by atoms with Crippen LogP contribution in [0.15, 0.2) is 60.8 Å². The van der Waals surface area contributed by atoms with Crippen molar-refractivity contribution in [2.75, 3.05) is 0 Å². The lowest BCUT2D eigenvalue weighted by Gasteiger charge is -2.49. The summed E-state index contributed by atoms with van der Waals surface area (Å²) < 4.78 is 11.5. The van der Waals surface area contributed by atoms with Crippen molar-refractivity contribution in [2.24, 2.45) is 7.05 Å². The third-order valence-electron chi connectivity index (χ3n) is 9.80. The molecule has 0 radical (unpaired) electrons. The van der Waals surface area contributed by atoms with Gasteiger partial charge in [0.15, 0.2) is 6.20 Å². The van der Waals surface area contributed by atoms with Gasteiger partial charge in [-0.3, -0.25) is 0 Å². The number of pyridine rings is 1. The maximum absolute atomic E-state index is 9.18. The standard InChI is InChI=1S/C35H40N/c1-22-16-17-29-33(32(22)31-18-23(2)28(21-36(31)7)24-12-8-9-13-24)27-19-25-14-10-11-15-26(25)20-30(27)35(5,6)34(29,3)4/h10-11,14-21,24H,8-9,12-13H2,1-7H3/q+1/i24D. The lowest BCUT2D eigenvalue weighted by molar-refractivity contribution is -0.660. The quantitative estimate of drug-likeness (QED) is 0.255. The number of aryl methyl sites for hydroxylation is 3. The van der Waals surface area contributed by atoms with E-state index in [1.54, 1.807) is 0 Å². The number of benzene rings is 3. The van der Waals surface area contributed by atoms with Crippen molar-refractivity contribution in [1.29, 1.82) is 0 Å². The molecule has 0 atom stereocenters. The van der Waals surface area contributed by atoms with Crippen molar-refractivity contribution < 1.29 is 5.94 Å². The highest BCUT2D eigenvalue weighted by Gasteiger charge is 2.47. The fraction of sp³-hybridized carbons (Fsp3) is 0.400. The zero-order chi connectivity index (χ0) is 26.3. The van der Waals surface area contributed by atoms with Crippen molar-refractivity contribution in [3.63, 3.8) is 0 Å². The molecule has 0 N–H and O–H groups in total. The van der Waals surface area contributed by atoms with E-state index in [1.165, 1.54) is 61.0 Å². The Labute approximate surface area is 218 Å². The third-order valence-corrected chi connectivity index (χ3v) is 9.80. The van der Waals surface area contributed by atoms with E-state index in [-0.39, 0.29) is 10.8 Å². The number of rotatable bonds is 2. The average Bonchev–Trinajstić information content (AvgIpc) is 3.30. The first-order chi connectivity index (χ1) is 17.5. The van der Waals surface area contributed by atoms with E-state index < -0.39 is 5.89 Å². The van der Waals surface area contributed by atoms with Crippen LogP contribution in [0.1, 0.15) is 88.5 Å². The van der Waals surface area contributed by atoms with Gasteiger partial charge in [0, 0.05) is 13.0 Å². The van der Waals surface area contributed by atoms with Gasteiger partial charge in [0.2, 0.25) is 5.69 Å². The van der Waals surface area contributed by atoms with E-state index in [0.29, 0.717) is 0 Å². The Morgan fingerprint density at radius 1 is 0.778 bits per heavy atom. The van der Waals surface area contributed by atoms with Gasteiger partial charge in [0.05, 0.1) is 5.56 Å². The summed E-state index contributed by atoms with van der Waals surface area (Å²) in [5.74, 6) is -0.441. The molecule has 1 aromatic heterocycles. The predicted octanol–water partition coefficient (Wildman–Crippen LogP) is 8.84. The van der Waals surface area contributed by atoms with Crippen molar-refractivity contribution in [1.82, 2.24) is 0 Å². The first-order valence-electron chi connectivity index (χ1n) is 14.1. The predicted molar refractivity (Wildman–Crippen MR) is 153 cm³/mol. The molecule has 1 heterocycles. The van der Waals surface area contributed by atoms with Crippen molar-refractivity contribution in [3.05, 3.63) is 88.6 Å². The molecule has 0 saturated heterocycles. The molecule has 1 fully saturated rings. The summed E-state index contributed by atoms with van der Waals surface area (Å²) in [4.78, 5) is 0. The molecule has 0 bridgehead atoms. The van der Waals surface area contributed by atoms with Gasteiger partial charge in [-0.25, -0.2) is 4.57 Å². The molecule has 36 heavy (non-hydrogen) atoms. The van der Waals surface area contributed by atoms with E-state index in [1.807, 2.05) is 0 Å². The highest BCUT2D eigenvalue weighted by Crippen LogP contribution is 2.57. The van der Waals surface area contributed by atoms with Gasteiger partial charge >= 0.3 is 0 Å². The van der Waals surface area contributed by atoms with E-state index >= 15 is 0 Å². The minimum Gasteiger partial charge on any atom is -0.201 e. The van der Waals surface area contributed by atoms with Crippen molar-refractivity contribution >= 4 is 10.8 Å². The molecule has 0 unspecified atom stereocenters. The Bertz CT molecular complexity index is 1570. The van der Waals surface area contributed by atoms with Crippen LogP contribution in [0.2, 0.25) is 0 Å². The number of nitrogens with zero attached hydrogens (tertiary/aromatic N) is 1. The normalized spacial score (nSPS) is 19.6. The van der Waals surface area contributed by atoms with Crippen LogP contribution in [0, 0.1) is 13.8 Å². The number of aromatic nitrogens is 1. The largest absolute Gasteiger partial charge is 0.213 e. The van der Waals surface area contributed by atoms with Gasteiger partial charge in [-0.15, -0.1) is 0 Å². The van der Waals surface area contributed by atoms with Crippen LogP contribution in [0.25, 0.3) is 33.2 Å². The van der Waals surface area contributed by atoms with Gasteiger partial charge in [-0.2, -0.15) is 0 Å². The van der Waals surface area contributed by atoms with Crippen LogP contribution < -0.4 is 4.57 Å². The molecule has 2 aliphatic carbocycles. The molecule has 1 heteroatoms. The van der Waals surface area contributed by atoms with E-state index in [2.05, 4.69) is 114 Å². The second-order valence-electron chi connectivity index (χ2n) is 12.4. The highest BCUT2D eigenvalue weighted by atomic mass is 14.9. The van der Waals surface area contributed by atoms with Crippen LogP contribution >= 0.6 is 0 Å². The molecule has 2 aliphatic rings. The minimum atomic E-state index is -0.441. The first kappa shape index (κ1) is 22.3. The third kappa shape index (κ3) is 3.24. The zero-order valence-electron chi connectivity index (χ0n) is 24.0. The first-order valence-corrected chi connectivity index (χ1v) is 13.6. The van der Waals surface area contributed by atoms with Crippen molar-refractivity contribution in [2.45, 2.75) is 83.9 Å². The second kappa shape index (κ2) is 8.04. The maximum Gasteiger partial charge on any atom is 0.213 e. The van der Waals surface area contributed by atoms with E-state index in [4.69, 9.17) is 0 Å². The van der Waals surface area contributed by atoms with Gasteiger partial charge in [-0.05, 0) is 99.7 Å². The summed E-state index contributed by atoms with van der Waals surface area (Å²) in [6.45, 7) is 14.1. The Kier molecular flexibility index (Phi) is 4.97. The fourth-order valence-electron chi connectivity index (χ4n) is 6.91. The maximum atomic E-state index is 9.18. The molecule has 0 aliphatic heterocycles. The molecule has 6 rings (SSSR count). The van der Waals surface area contributed by atoms with E-state index in [9.17, 15) is 1.37 Å². The van der Waals surface area contributed by atoms with Gasteiger partial charge < -0.3 is 0 Å². The molecular weight excluding hydrogens is 434 g/mol. The molecule has 1 nitrogen and oxygen atoms in total. The van der Waals surface area contributed by atoms with Crippen molar-refractivity contribution in [3.8, 4) is 22.4 Å². The van der Waals surface area contributed by atoms with Gasteiger partial charge in [0.25, 0.3) is 0 Å². The summed E-state index contributed by atoms with van der Waals surface area (Å²) in [5, 5.41) is 2.61. The summed E-state index contributed by atoms with van der Waals surface area (Å²) in [5.41, 5.74) is 11.9.